The van der Waals surface area contributed by atoms with Crippen molar-refractivity contribution in [2.24, 2.45) is 0 Å². The number of hydrogen-bond acceptors (Lipinski definition) is 3. The summed E-state index contributed by atoms with van der Waals surface area (Å²) < 4.78 is 0. The molecule has 2 N–H and O–H groups in total. The van der Waals surface area contributed by atoms with E-state index in [2.05, 4.69) is 0 Å². The minimum absolute atomic E-state index is 0.0583. The number of benzene rings is 1. The molecule has 0 radical (unpaired) electrons. The maximum absolute atomic E-state index is 12.5. The van der Waals surface area contributed by atoms with Crippen molar-refractivity contribution >= 4 is 11.9 Å². The molecule has 0 fully saturated rings. The van der Waals surface area contributed by atoms with Gasteiger partial charge in [-0.3, -0.25) is 9.59 Å². The van der Waals surface area contributed by atoms with Crippen LogP contribution in [0.15, 0.2) is 18.2 Å². The molecule has 0 spiro atoms. The van der Waals surface area contributed by atoms with Gasteiger partial charge in [0.15, 0.2) is 0 Å². The molecule has 1 aromatic rings. The standard InChI is InChI=1S/C15H21NO4/c1-10-5-6-11(9-12(10)17)14(20)16(15(2,3)4)8-7-13(18)19/h5-6,9,17H,7-8H2,1-4H3,(H,18,19). The van der Waals surface area contributed by atoms with Gasteiger partial charge >= 0.3 is 5.97 Å². The van der Waals surface area contributed by atoms with Crippen LogP contribution in [-0.4, -0.2) is 39.1 Å². The van der Waals surface area contributed by atoms with Crippen LogP contribution >= 0.6 is 0 Å². The normalized spacial score (nSPS) is 11.2. The van der Waals surface area contributed by atoms with E-state index in [1.807, 2.05) is 20.8 Å². The van der Waals surface area contributed by atoms with Gasteiger partial charge in [0.1, 0.15) is 5.75 Å². The Balaban J connectivity index is 3.03. The van der Waals surface area contributed by atoms with Crippen LogP contribution < -0.4 is 0 Å². The highest BCUT2D eigenvalue weighted by atomic mass is 16.4. The van der Waals surface area contributed by atoms with E-state index in [1.54, 1.807) is 19.1 Å². The summed E-state index contributed by atoms with van der Waals surface area (Å²) >= 11 is 0. The Hall–Kier alpha value is -2.04. The minimum atomic E-state index is -0.946. The second kappa shape index (κ2) is 5.94. The lowest BCUT2D eigenvalue weighted by molar-refractivity contribution is -0.137. The number of hydrogen-bond donors (Lipinski definition) is 2. The Bertz CT molecular complexity index is 517. The fourth-order valence-corrected chi connectivity index (χ4v) is 1.85. The highest BCUT2D eigenvalue weighted by Crippen LogP contribution is 2.22. The molecule has 1 rings (SSSR count). The topological polar surface area (TPSA) is 77.8 Å². The molecule has 1 aromatic carbocycles. The SMILES string of the molecule is Cc1ccc(C(=O)N(CCC(=O)O)C(C)(C)C)cc1O. The number of carboxylic acid groups (broad SMARTS) is 1. The first kappa shape index (κ1) is 16.0. The van der Waals surface area contributed by atoms with Crippen LogP contribution in [0.3, 0.4) is 0 Å². The fraction of sp³-hybridized carbons (Fsp3) is 0.467. The van der Waals surface area contributed by atoms with Gasteiger partial charge in [-0.05, 0) is 45.4 Å². The van der Waals surface area contributed by atoms with Gasteiger partial charge in [-0.15, -0.1) is 0 Å². The van der Waals surface area contributed by atoms with Crippen LogP contribution in [-0.2, 0) is 4.79 Å². The number of aromatic hydroxyl groups is 1. The third-order valence-corrected chi connectivity index (χ3v) is 3.06. The van der Waals surface area contributed by atoms with Crippen molar-refractivity contribution in [2.45, 2.75) is 39.7 Å². The number of aryl methyl sites for hydroxylation is 1. The van der Waals surface area contributed by atoms with E-state index in [1.165, 1.54) is 11.0 Å². The largest absolute Gasteiger partial charge is 0.508 e. The molecular weight excluding hydrogens is 258 g/mol. The second-order valence-electron chi connectivity index (χ2n) is 5.77. The number of carbonyl (C=O) groups is 2. The molecule has 0 atom stereocenters. The molecule has 0 bridgehead atoms. The number of carbonyl (C=O) groups excluding carboxylic acids is 1. The van der Waals surface area contributed by atoms with E-state index in [0.29, 0.717) is 11.1 Å². The Morgan fingerprint density at radius 1 is 1.25 bits per heavy atom. The van der Waals surface area contributed by atoms with E-state index in [0.717, 1.165) is 0 Å². The van der Waals surface area contributed by atoms with Crippen molar-refractivity contribution < 1.29 is 19.8 Å². The van der Waals surface area contributed by atoms with Crippen LogP contribution in [0.25, 0.3) is 0 Å². The zero-order chi connectivity index (χ0) is 15.5. The summed E-state index contributed by atoms with van der Waals surface area (Å²) in [6, 6.07) is 4.72. The third kappa shape index (κ3) is 3.98. The summed E-state index contributed by atoms with van der Waals surface area (Å²) in [5.74, 6) is -1.17. The van der Waals surface area contributed by atoms with Crippen molar-refractivity contribution in [3.05, 3.63) is 29.3 Å². The molecule has 110 valence electrons. The molecule has 0 aliphatic heterocycles. The number of rotatable bonds is 4. The summed E-state index contributed by atoms with van der Waals surface area (Å²) in [6.45, 7) is 7.42. The maximum Gasteiger partial charge on any atom is 0.305 e. The minimum Gasteiger partial charge on any atom is -0.508 e. The number of phenolic OH excluding ortho intramolecular Hbond substituents is 1. The molecule has 5 nitrogen and oxygen atoms in total. The molecule has 20 heavy (non-hydrogen) atoms. The van der Waals surface area contributed by atoms with Crippen LogP contribution in [0.1, 0.15) is 43.1 Å². The van der Waals surface area contributed by atoms with Gasteiger partial charge in [-0.1, -0.05) is 6.07 Å². The van der Waals surface area contributed by atoms with Gasteiger partial charge in [0.05, 0.1) is 6.42 Å². The first-order chi connectivity index (χ1) is 9.12. The lowest BCUT2D eigenvalue weighted by Gasteiger charge is -2.35. The summed E-state index contributed by atoms with van der Waals surface area (Å²) in [6.07, 6.45) is -0.110. The van der Waals surface area contributed by atoms with Gasteiger partial charge in [0, 0.05) is 17.6 Å². The number of nitrogens with zero attached hydrogens (tertiary/aromatic N) is 1. The lowest BCUT2D eigenvalue weighted by atomic mass is 10.0. The lowest BCUT2D eigenvalue weighted by Crippen LogP contribution is -2.46. The van der Waals surface area contributed by atoms with Crippen LogP contribution in [0.2, 0.25) is 0 Å². The van der Waals surface area contributed by atoms with Crippen molar-refractivity contribution in [1.29, 1.82) is 0 Å². The van der Waals surface area contributed by atoms with Gasteiger partial charge in [-0.25, -0.2) is 0 Å². The molecule has 0 unspecified atom stereocenters. The zero-order valence-electron chi connectivity index (χ0n) is 12.3. The molecule has 5 heteroatoms. The molecule has 0 aliphatic carbocycles. The van der Waals surface area contributed by atoms with Gasteiger partial charge < -0.3 is 15.1 Å². The molecule has 1 amide bonds. The Morgan fingerprint density at radius 3 is 2.30 bits per heavy atom. The molecule has 0 heterocycles. The van der Waals surface area contributed by atoms with Crippen molar-refractivity contribution in [1.82, 2.24) is 4.90 Å². The summed E-state index contributed by atoms with van der Waals surface area (Å²) in [4.78, 5) is 24.7. The first-order valence-electron chi connectivity index (χ1n) is 6.46. The Morgan fingerprint density at radius 2 is 1.85 bits per heavy atom. The quantitative estimate of drug-likeness (QED) is 0.887. The average molecular weight is 279 g/mol. The van der Waals surface area contributed by atoms with Crippen LogP contribution in [0.4, 0.5) is 0 Å². The number of aliphatic carboxylic acids is 1. The van der Waals surface area contributed by atoms with Gasteiger partial charge in [0.25, 0.3) is 5.91 Å². The predicted octanol–water partition coefficient (Wildman–Crippen LogP) is 2.42. The number of amides is 1. The second-order valence-corrected chi connectivity index (χ2v) is 5.77. The van der Waals surface area contributed by atoms with Crippen LogP contribution in [0, 0.1) is 6.92 Å². The highest BCUT2D eigenvalue weighted by Gasteiger charge is 2.27. The van der Waals surface area contributed by atoms with E-state index in [9.17, 15) is 14.7 Å². The van der Waals surface area contributed by atoms with E-state index < -0.39 is 11.5 Å². The van der Waals surface area contributed by atoms with Crippen molar-refractivity contribution in [3.8, 4) is 5.75 Å². The molecular formula is C15H21NO4. The van der Waals surface area contributed by atoms with E-state index >= 15 is 0 Å². The molecule has 0 aliphatic rings. The van der Waals surface area contributed by atoms with Crippen LogP contribution in [0.5, 0.6) is 5.75 Å². The molecule has 0 saturated carbocycles. The molecule has 0 aromatic heterocycles. The predicted molar refractivity (Wildman–Crippen MR) is 75.9 cm³/mol. The molecule has 0 saturated heterocycles. The third-order valence-electron chi connectivity index (χ3n) is 3.06. The summed E-state index contributed by atoms with van der Waals surface area (Å²) in [5, 5.41) is 18.5. The Labute approximate surface area is 118 Å². The first-order valence-corrected chi connectivity index (χ1v) is 6.46. The van der Waals surface area contributed by atoms with E-state index in [-0.39, 0.29) is 24.6 Å². The zero-order valence-corrected chi connectivity index (χ0v) is 12.3. The average Bonchev–Trinajstić information content (AvgIpc) is 2.30. The van der Waals surface area contributed by atoms with Crippen molar-refractivity contribution in [2.75, 3.05) is 6.54 Å². The Kier molecular flexibility index (Phi) is 4.76. The fourth-order valence-electron chi connectivity index (χ4n) is 1.85. The number of phenols is 1. The van der Waals surface area contributed by atoms with E-state index in [4.69, 9.17) is 5.11 Å². The van der Waals surface area contributed by atoms with Gasteiger partial charge in [-0.2, -0.15) is 0 Å². The smallest absolute Gasteiger partial charge is 0.305 e. The number of carboxylic acids is 1. The van der Waals surface area contributed by atoms with Gasteiger partial charge in [0.2, 0.25) is 0 Å². The highest BCUT2D eigenvalue weighted by molar-refractivity contribution is 5.95. The maximum atomic E-state index is 12.5. The summed E-state index contributed by atoms with van der Waals surface area (Å²) in [7, 11) is 0. The van der Waals surface area contributed by atoms with Crippen molar-refractivity contribution in [3.63, 3.8) is 0 Å². The monoisotopic (exact) mass is 279 g/mol. The summed E-state index contributed by atoms with van der Waals surface area (Å²) in [5.41, 5.74) is 0.551.